The molecule has 49 heavy (non-hydrogen) atoms. The van der Waals surface area contributed by atoms with Crippen molar-refractivity contribution in [2.45, 2.75) is 50.0 Å². The lowest BCUT2D eigenvalue weighted by atomic mass is 9.95. The molecule has 3 saturated heterocycles. The van der Waals surface area contributed by atoms with E-state index >= 15 is 8.78 Å². The Labute approximate surface area is 280 Å². The van der Waals surface area contributed by atoms with E-state index in [0.29, 0.717) is 42.9 Å². The third kappa shape index (κ3) is 5.70. The van der Waals surface area contributed by atoms with Crippen molar-refractivity contribution < 1.29 is 37.3 Å². The van der Waals surface area contributed by atoms with Gasteiger partial charge in [0, 0.05) is 50.3 Å². The fourth-order valence-electron chi connectivity index (χ4n) is 7.46. The number of ether oxygens (including phenoxy) is 3. The van der Waals surface area contributed by atoms with Gasteiger partial charge in [-0.1, -0.05) is 12.0 Å². The van der Waals surface area contributed by atoms with Crippen LogP contribution in [0.3, 0.4) is 0 Å². The third-order valence-electron chi connectivity index (χ3n) is 10.00. The first-order chi connectivity index (χ1) is 23.5. The van der Waals surface area contributed by atoms with E-state index in [-0.39, 0.29) is 77.6 Å². The Hall–Kier alpha value is -4.87. The molecule has 256 valence electrons. The van der Waals surface area contributed by atoms with Gasteiger partial charge >= 0.3 is 12.1 Å². The number of pyridine rings is 1. The molecule has 4 aromatic rings. The zero-order chi connectivity index (χ0) is 34.6. The molecule has 1 N–H and O–H groups in total. The molecule has 2 bridgehead atoms. The topological polar surface area (TPSA) is 113 Å². The van der Waals surface area contributed by atoms with Crippen LogP contribution in [0.5, 0.6) is 11.8 Å². The number of anilines is 1. The highest BCUT2D eigenvalue weighted by atomic mass is 19.1. The molecule has 1 amide bonds. The fourth-order valence-corrected chi connectivity index (χ4v) is 7.46. The maximum atomic E-state index is 17.0. The maximum absolute atomic E-state index is 17.0. The van der Waals surface area contributed by atoms with E-state index in [1.807, 2.05) is 23.8 Å². The SMILES string of the molecule is C#Cc1c(F)ccc2cc(OCOC)cc(-c3ncc4c(N5C[C@H]6CC[C@@H](C5)N6C(=O)O)nc(OC[C@@]5(C)C[C@@H](F)CN5C)nc4c3F)c12. The summed E-state index contributed by atoms with van der Waals surface area (Å²) in [5.41, 5.74) is -0.798. The number of benzene rings is 2. The molecule has 3 fully saturated rings. The summed E-state index contributed by atoms with van der Waals surface area (Å²) in [5.74, 6) is 1.56. The number of rotatable bonds is 8. The molecule has 4 atom stereocenters. The van der Waals surface area contributed by atoms with Crippen LogP contribution in [0, 0.1) is 24.0 Å². The first kappa shape index (κ1) is 32.7. The van der Waals surface area contributed by atoms with E-state index < -0.39 is 29.4 Å². The number of hydrogen-bond donors (Lipinski definition) is 1. The number of methoxy groups -OCH3 is 1. The molecule has 0 spiro atoms. The van der Waals surface area contributed by atoms with E-state index in [1.165, 1.54) is 36.4 Å². The lowest BCUT2D eigenvalue weighted by Crippen LogP contribution is -2.55. The Morgan fingerprint density at radius 1 is 1.14 bits per heavy atom. The zero-order valence-electron chi connectivity index (χ0n) is 27.3. The van der Waals surface area contributed by atoms with Gasteiger partial charge in [-0.3, -0.25) is 14.8 Å². The predicted molar refractivity (Wildman–Crippen MR) is 176 cm³/mol. The average molecular weight is 677 g/mol. The van der Waals surface area contributed by atoms with Crippen LogP contribution in [0.15, 0.2) is 30.5 Å². The number of piperazine rings is 1. The molecule has 5 heterocycles. The molecular weight excluding hydrogens is 641 g/mol. The minimum Gasteiger partial charge on any atom is -0.468 e. The Balaban J connectivity index is 1.38. The van der Waals surface area contributed by atoms with Crippen molar-refractivity contribution in [2.75, 3.05) is 52.1 Å². The molecule has 11 nitrogen and oxygen atoms in total. The Bertz CT molecular complexity index is 1990. The smallest absolute Gasteiger partial charge is 0.407 e. The van der Waals surface area contributed by atoms with E-state index in [4.69, 9.17) is 25.6 Å². The molecule has 0 saturated carbocycles. The van der Waals surface area contributed by atoms with Crippen LogP contribution in [-0.2, 0) is 4.74 Å². The molecule has 0 aliphatic carbocycles. The van der Waals surface area contributed by atoms with Crippen molar-refractivity contribution >= 4 is 33.6 Å². The first-order valence-electron chi connectivity index (χ1n) is 16.0. The van der Waals surface area contributed by atoms with Gasteiger partial charge in [0.2, 0.25) is 0 Å². The second-order valence-electron chi connectivity index (χ2n) is 13.1. The Morgan fingerprint density at radius 3 is 2.55 bits per heavy atom. The third-order valence-corrected chi connectivity index (χ3v) is 10.00. The normalized spacial score (nSPS) is 23.7. The number of fused-ring (bicyclic) bond motifs is 4. The fraction of sp³-hybridized carbons (Fsp3) is 0.429. The van der Waals surface area contributed by atoms with Crippen LogP contribution in [-0.4, -0.2) is 107 Å². The highest BCUT2D eigenvalue weighted by molar-refractivity contribution is 6.03. The predicted octanol–water partition coefficient (Wildman–Crippen LogP) is 5.23. The van der Waals surface area contributed by atoms with E-state index in [0.717, 1.165) is 0 Å². The average Bonchev–Trinajstić information content (AvgIpc) is 3.51. The number of alkyl halides is 1. The summed E-state index contributed by atoms with van der Waals surface area (Å²) in [5, 5.41) is 10.9. The molecule has 0 unspecified atom stereocenters. The van der Waals surface area contributed by atoms with Gasteiger partial charge in [-0.2, -0.15) is 9.97 Å². The maximum Gasteiger partial charge on any atom is 0.407 e. The van der Waals surface area contributed by atoms with Gasteiger partial charge in [-0.15, -0.1) is 6.42 Å². The lowest BCUT2D eigenvalue weighted by Gasteiger charge is -2.40. The second kappa shape index (κ2) is 12.5. The summed E-state index contributed by atoms with van der Waals surface area (Å²) in [7, 11) is 3.27. The number of likely N-dealkylation sites (tertiary alicyclic amines) is 1. The first-order valence-corrected chi connectivity index (χ1v) is 16.0. The monoisotopic (exact) mass is 676 g/mol. The van der Waals surface area contributed by atoms with Crippen LogP contribution in [0.2, 0.25) is 0 Å². The van der Waals surface area contributed by atoms with E-state index in [1.54, 1.807) is 6.07 Å². The Kier molecular flexibility index (Phi) is 8.36. The number of carbonyl (C=O) groups is 1. The van der Waals surface area contributed by atoms with Gasteiger partial charge in [0.15, 0.2) is 12.6 Å². The molecule has 3 aliphatic heterocycles. The summed E-state index contributed by atoms with van der Waals surface area (Å²) in [6, 6.07) is 5.26. The van der Waals surface area contributed by atoms with Gasteiger partial charge in [-0.05, 0) is 50.4 Å². The number of aromatic nitrogens is 3. The van der Waals surface area contributed by atoms with Crippen LogP contribution in [0.4, 0.5) is 23.8 Å². The number of terminal acetylenes is 1. The van der Waals surface area contributed by atoms with E-state index in [9.17, 15) is 14.3 Å². The van der Waals surface area contributed by atoms with Crippen molar-refractivity contribution in [1.29, 1.82) is 0 Å². The summed E-state index contributed by atoms with van der Waals surface area (Å²) < 4.78 is 63.2. The number of amides is 1. The number of carboxylic acid groups (broad SMARTS) is 1. The highest BCUT2D eigenvalue weighted by Crippen LogP contribution is 2.41. The number of hydrogen-bond acceptors (Lipinski definition) is 9. The lowest BCUT2D eigenvalue weighted by molar-refractivity contribution is 0.0512. The minimum absolute atomic E-state index is 0.0425. The molecule has 0 radical (unpaired) electrons. The summed E-state index contributed by atoms with van der Waals surface area (Å²) in [6.45, 7) is 2.75. The quantitative estimate of drug-likeness (QED) is 0.197. The van der Waals surface area contributed by atoms with Crippen molar-refractivity contribution in [3.63, 3.8) is 0 Å². The molecule has 3 aliphatic rings. The van der Waals surface area contributed by atoms with E-state index in [2.05, 4.69) is 15.9 Å². The van der Waals surface area contributed by atoms with Gasteiger partial charge < -0.3 is 24.2 Å². The molecule has 14 heteroatoms. The summed E-state index contributed by atoms with van der Waals surface area (Å²) >= 11 is 0. The van der Waals surface area contributed by atoms with Crippen molar-refractivity contribution in [1.82, 2.24) is 24.8 Å². The van der Waals surface area contributed by atoms with Gasteiger partial charge in [0.05, 0.1) is 28.6 Å². The van der Waals surface area contributed by atoms with Gasteiger partial charge in [-0.25, -0.2) is 18.0 Å². The second-order valence-corrected chi connectivity index (χ2v) is 13.1. The minimum atomic E-state index is -1.02. The van der Waals surface area contributed by atoms with Gasteiger partial charge in [0.25, 0.3) is 0 Å². The molecule has 2 aromatic heterocycles. The molecule has 2 aromatic carbocycles. The van der Waals surface area contributed by atoms with Crippen molar-refractivity contribution in [3.8, 4) is 35.4 Å². The summed E-state index contributed by atoms with van der Waals surface area (Å²) in [4.78, 5) is 31.0. The molecular formula is C35H35F3N6O5. The van der Waals surface area contributed by atoms with Crippen molar-refractivity contribution in [3.05, 3.63) is 47.7 Å². The molecule has 7 rings (SSSR count). The van der Waals surface area contributed by atoms with Crippen molar-refractivity contribution in [2.24, 2.45) is 0 Å². The number of likely N-dealkylation sites (N-methyl/N-ethyl adjacent to an activating group) is 1. The van der Waals surface area contributed by atoms with Crippen LogP contribution < -0.4 is 14.4 Å². The van der Waals surface area contributed by atoms with Crippen LogP contribution in [0.25, 0.3) is 32.9 Å². The summed E-state index contributed by atoms with van der Waals surface area (Å²) in [6.07, 6.45) is 6.81. The van der Waals surface area contributed by atoms with Gasteiger partial charge in [0.1, 0.15) is 41.4 Å². The van der Waals surface area contributed by atoms with Crippen LogP contribution in [0.1, 0.15) is 31.7 Å². The standard InChI is InChI=1S/C35H35F3N6O5/c1-5-24-27(37)9-6-19-10-23(49-18-47-4)11-25(28(19)24)30-29(38)31-26(13-39-30)32(43-15-21-7-8-22(16-43)44(21)34(45)46)41-33(40-31)48-17-35(2)12-20(36)14-42(35)3/h1,6,9-11,13,20-22H,7-8,12,14-18H2,2-4H3,(H,45,46)/t20-,21-,22+,35-/m1/s1. The zero-order valence-corrected chi connectivity index (χ0v) is 27.3. The Morgan fingerprint density at radius 2 is 1.90 bits per heavy atom. The van der Waals surface area contributed by atoms with Crippen LogP contribution >= 0.6 is 0 Å². The number of nitrogens with zero attached hydrogens (tertiary/aromatic N) is 6. The largest absolute Gasteiger partial charge is 0.468 e. The highest BCUT2D eigenvalue weighted by Gasteiger charge is 2.44. The number of halogens is 3.